The summed E-state index contributed by atoms with van der Waals surface area (Å²) in [5.74, 6) is 0.749. The summed E-state index contributed by atoms with van der Waals surface area (Å²) in [5, 5.41) is 13.1. The molecule has 1 N–H and O–H groups in total. The van der Waals surface area contributed by atoms with E-state index in [-0.39, 0.29) is 5.54 Å². The van der Waals surface area contributed by atoms with Crippen molar-refractivity contribution in [3.8, 4) is 6.07 Å². The van der Waals surface area contributed by atoms with E-state index in [1.165, 1.54) is 12.0 Å². The van der Waals surface area contributed by atoms with E-state index in [1.54, 1.807) is 0 Å². The monoisotopic (exact) mass is 242 g/mol. The van der Waals surface area contributed by atoms with Crippen LogP contribution in [0.3, 0.4) is 0 Å². The minimum Gasteiger partial charge on any atom is -0.367 e. The number of nitrogens with one attached hydrogen (secondary N) is 1. The highest BCUT2D eigenvalue weighted by molar-refractivity contribution is 5.53. The third-order valence-corrected chi connectivity index (χ3v) is 4.10. The molecule has 1 aliphatic rings. The Morgan fingerprint density at radius 3 is 2.78 bits per heavy atom. The van der Waals surface area contributed by atoms with Crippen LogP contribution in [0.1, 0.15) is 44.6 Å². The zero-order valence-corrected chi connectivity index (χ0v) is 11.4. The summed E-state index contributed by atoms with van der Waals surface area (Å²) in [6, 6.07) is 10.8. The zero-order chi connectivity index (χ0) is 13.0. The Hall–Kier alpha value is -1.49. The van der Waals surface area contributed by atoms with Gasteiger partial charge in [-0.3, -0.25) is 0 Å². The zero-order valence-electron chi connectivity index (χ0n) is 11.4. The molecule has 2 nitrogen and oxygen atoms in total. The number of nitrogens with zero attached hydrogens (tertiary/aromatic N) is 1. The fourth-order valence-electron chi connectivity index (χ4n) is 2.75. The molecule has 0 radical (unpaired) electrons. The van der Waals surface area contributed by atoms with Gasteiger partial charge in [-0.15, -0.1) is 0 Å². The van der Waals surface area contributed by atoms with Crippen molar-refractivity contribution in [2.24, 2.45) is 5.92 Å². The maximum absolute atomic E-state index is 9.59. The molecule has 18 heavy (non-hydrogen) atoms. The molecule has 0 aromatic heterocycles. The van der Waals surface area contributed by atoms with E-state index in [9.17, 15) is 5.26 Å². The highest BCUT2D eigenvalue weighted by Crippen LogP contribution is 2.33. The molecule has 1 aliphatic carbocycles. The fourth-order valence-corrected chi connectivity index (χ4v) is 2.75. The lowest BCUT2D eigenvalue weighted by molar-refractivity contribution is 0.479. The second kappa shape index (κ2) is 5.44. The summed E-state index contributed by atoms with van der Waals surface area (Å²) in [6.07, 6.45) is 5.46. The van der Waals surface area contributed by atoms with Crippen molar-refractivity contribution >= 4 is 5.69 Å². The number of aryl methyl sites for hydroxylation is 1. The molecule has 96 valence electrons. The van der Waals surface area contributed by atoms with Gasteiger partial charge in [0.15, 0.2) is 0 Å². The Morgan fingerprint density at radius 1 is 1.28 bits per heavy atom. The highest BCUT2D eigenvalue weighted by atomic mass is 15.0. The van der Waals surface area contributed by atoms with Crippen LogP contribution in [0.25, 0.3) is 0 Å². The second-order valence-electron chi connectivity index (χ2n) is 5.67. The second-order valence-corrected chi connectivity index (χ2v) is 5.67. The van der Waals surface area contributed by atoms with Crippen molar-refractivity contribution in [2.45, 2.75) is 51.5 Å². The maximum Gasteiger partial charge on any atom is 0.125 e. The first-order valence-electron chi connectivity index (χ1n) is 6.90. The molecular formula is C16H22N2. The fraction of sp³-hybridized carbons (Fsp3) is 0.562. The number of hydrogen-bond acceptors (Lipinski definition) is 2. The van der Waals surface area contributed by atoms with Crippen molar-refractivity contribution in [2.75, 3.05) is 5.32 Å². The first kappa shape index (κ1) is 13.0. The van der Waals surface area contributed by atoms with E-state index < -0.39 is 0 Å². The minimum atomic E-state index is -0.364. The molecule has 1 saturated carbocycles. The Balaban J connectivity index is 2.18. The number of rotatable bonds is 2. The summed E-state index contributed by atoms with van der Waals surface area (Å²) in [5.41, 5.74) is 1.95. The van der Waals surface area contributed by atoms with Gasteiger partial charge in [-0.1, -0.05) is 31.5 Å². The minimum absolute atomic E-state index is 0.364. The molecule has 2 heteroatoms. The quantitative estimate of drug-likeness (QED) is 0.786. The van der Waals surface area contributed by atoms with Crippen LogP contribution in [0.5, 0.6) is 0 Å². The van der Waals surface area contributed by atoms with Gasteiger partial charge in [-0.05, 0) is 50.2 Å². The van der Waals surface area contributed by atoms with E-state index in [0.717, 1.165) is 37.3 Å². The Kier molecular flexibility index (Phi) is 3.91. The first-order chi connectivity index (χ1) is 8.65. The lowest BCUT2D eigenvalue weighted by Crippen LogP contribution is -2.36. The molecule has 1 aromatic rings. The van der Waals surface area contributed by atoms with Crippen LogP contribution in [0.2, 0.25) is 0 Å². The van der Waals surface area contributed by atoms with Gasteiger partial charge in [0.05, 0.1) is 6.07 Å². The molecular weight excluding hydrogens is 220 g/mol. The average Bonchev–Trinajstić information content (AvgIpc) is 2.56. The topological polar surface area (TPSA) is 35.8 Å². The predicted molar refractivity (Wildman–Crippen MR) is 75.4 cm³/mol. The van der Waals surface area contributed by atoms with Gasteiger partial charge in [0.1, 0.15) is 5.54 Å². The van der Waals surface area contributed by atoms with Crippen LogP contribution in [-0.4, -0.2) is 5.54 Å². The molecule has 2 unspecified atom stereocenters. The normalized spacial score (nSPS) is 28.2. The number of para-hydroxylation sites is 1. The third-order valence-electron chi connectivity index (χ3n) is 4.10. The number of anilines is 1. The van der Waals surface area contributed by atoms with Crippen molar-refractivity contribution in [3.63, 3.8) is 0 Å². The average molecular weight is 242 g/mol. The Morgan fingerprint density at radius 2 is 2.06 bits per heavy atom. The molecule has 0 bridgehead atoms. The molecule has 1 fully saturated rings. The molecule has 0 spiro atoms. The van der Waals surface area contributed by atoms with Crippen LogP contribution in [0.15, 0.2) is 24.3 Å². The summed E-state index contributed by atoms with van der Waals surface area (Å²) in [4.78, 5) is 0. The van der Waals surface area contributed by atoms with Crippen LogP contribution in [0, 0.1) is 24.2 Å². The van der Waals surface area contributed by atoms with E-state index >= 15 is 0 Å². The van der Waals surface area contributed by atoms with Gasteiger partial charge < -0.3 is 5.32 Å². The van der Waals surface area contributed by atoms with Crippen molar-refractivity contribution in [3.05, 3.63) is 29.8 Å². The summed E-state index contributed by atoms with van der Waals surface area (Å²) >= 11 is 0. The van der Waals surface area contributed by atoms with Crippen molar-refractivity contribution in [1.29, 1.82) is 5.26 Å². The highest BCUT2D eigenvalue weighted by Gasteiger charge is 2.32. The van der Waals surface area contributed by atoms with E-state index in [1.807, 2.05) is 12.1 Å². The SMILES string of the molecule is Cc1ccccc1NC1(C#N)CCCC(C)CC1. The standard InChI is InChI=1S/C16H22N2/c1-13-6-5-10-16(12-17,11-9-13)18-15-8-4-3-7-14(15)2/h3-4,7-8,13,18H,5-6,9-11H2,1-2H3. The van der Waals surface area contributed by atoms with Crippen LogP contribution in [0.4, 0.5) is 5.69 Å². The van der Waals surface area contributed by atoms with Gasteiger partial charge in [0.25, 0.3) is 0 Å². The Labute approximate surface area is 110 Å². The van der Waals surface area contributed by atoms with Gasteiger partial charge in [0, 0.05) is 5.69 Å². The van der Waals surface area contributed by atoms with E-state index in [4.69, 9.17) is 0 Å². The number of nitriles is 1. The van der Waals surface area contributed by atoms with Crippen molar-refractivity contribution in [1.82, 2.24) is 0 Å². The third kappa shape index (κ3) is 2.85. The summed E-state index contributed by atoms with van der Waals surface area (Å²) < 4.78 is 0. The van der Waals surface area contributed by atoms with Crippen LogP contribution in [-0.2, 0) is 0 Å². The first-order valence-corrected chi connectivity index (χ1v) is 6.90. The number of benzene rings is 1. The molecule has 0 aliphatic heterocycles. The van der Waals surface area contributed by atoms with Gasteiger partial charge >= 0.3 is 0 Å². The van der Waals surface area contributed by atoms with Crippen LogP contribution < -0.4 is 5.32 Å². The van der Waals surface area contributed by atoms with Crippen molar-refractivity contribution < 1.29 is 0 Å². The lowest BCUT2D eigenvalue weighted by atomic mass is 9.90. The number of hydrogen-bond donors (Lipinski definition) is 1. The molecule has 0 amide bonds. The lowest BCUT2D eigenvalue weighted by Gasteiger charge is -2.28. The summed E-state index contributed by atoms with van der Waals surface area (Å²) in [6.45, 7) is 4.38. The van der Waals surface area contributed by atoms with E-state index in [0.29, 0.717) is 0 Å². The largest absolute Gasteiger partial charge is 0.367 e. The smallest absolute Gasteiger partial charge is 0.125 e. The molecule has 2 rings (SSSR count). The van der Waals surface area contributed by atoms with E-state index in [2.05, 4.69) is 37.4 Å². The Bertz CT molecular complexity index is 447. The predicted octanol–water partition coefficient (Wildman–Crippen LogP) is 4.27. The van der Waals surface area contributed by atoms with Gasteiger partial charge in [0.2, 0.25) is 0 Å². The molecule has 0 saturated heterocycles. The molecule has 2 atom stereocenters. The maximum atomic E-state index is 9.59. The van der Waals surface area contributed by atoms with Gasteiger partial charge in [-0.25, -0.2) is 0 Å². The van der Waals surface area contributed by atoms with Crippen LogP contribution >= 0.6 is 0 Å². The summed E-state index contributed by atoms with van der Waals surface area (Å²) in [7, 11) is 0. The molecule has 1 aromatic carbocycles. The van der Waals surface area contributed by atoms with Gasteiger partial charge in [-0.2, -0.15) is 5.26 Å². The molecule has 0 heterocycles.